The molecule has 34 heavy (non-hydrogen) atoms. The van der Waals surface area contributed by atoms with Gasteiger partial charge in [-0.25, -0.2) is 0 Å². The van der Waals surface area contributed by atoms with Gasteiger partial charge in [0.05, 0.1) is 26.5 Å². The van der Waals surface area contributed by atoms with Gasteiger partial charge in [-0.3, -0.25) is 9.69 Å². The molecular formula is C25H33N5O4. The van der Waals surface area contributed by atoms with Gasteiger partial charge in [0, 0.05) is 32.6 Å². The Morgan fingerprint density at radius 1 is 1.12 bits per heavy atom. The molecule has 3 heterocycles. The molecule has 0 saturated carbocycles. The minimum absolute atomic E-state index is 0.239. The predicted octanol–water partition coefficient (Wildman–Crippen LogP) is 3.46. The number of furan rings is 1. The molecular weight excluding hydrogens is 434 g/mol. The predicted molar refractivity (Wildman–Crippen MR) is 127 cm³/mol. The maximum Gasteiger partial charge on any atom is 0.287 e. The zero-order chi connectivity index (χ0) is 24.1. The number of ether oxygens (including phenoxy) is 2. The van der Waals surface area contributed by atoms with E-state index in [1.54, 1.807) is 26.4 Å². The van der Waals surface area contributed by atoms with Crippen molar-refractivity contribution in [2.24, 2.45) is 5.92 Å². The highest BCUT2D eigenvalue weighted by Crippen LogP contribution is 2.28. The largest absolute Gasteiger partial charge is 0.493 e. The highest BCUT2D eigenvalue weighted by molar-refractivity contribution is 5.91. The van der Waals surface area contributed by atoms with Gasteiger partial charge >= 0.3 is 0 Å². The number of nitrogens with zero attached hydrogens (tertiary/aromatic N) is 4. The number of carbonyl (C=O) groups excluding carboxylic acids is 1. The lowest BCUT2D eigenvalue weighted by atomic mass is 10.0. The monoisotopic (exact) mass is 467 g/mol. The molecule has 182 valence electrons. The Morgan fingerprint density at radius 2 is 1.94 bits per heavy atom. The SMILES string of the molecule is COc1ccc(CN2CCc3nnc([C@@H](CC(C)C)NC(=O)c4ccco4)n3CC2)cc1OC. The fourth-order valence-electron chi connectivity index (χ4n) is 4.38. The van der Waals surface area contributed by atoms with Crippen LogP contribution in [0.4, 0.5) is 0 Å². The van der Waals surface area contributed by atoms with Gasteiger partial charge in [0.15, 0.2) is 23.1 Å². The van der Waals surface area contributed by atoms with Crippen molar-refractivity contribution in [3.05, 3.63) is 59.6 Å². The van der Waals surface area contributed by atoms with E-state index < -0.39 is 0 Å². The topological polar surface area (TPSA) is 94.6 Å². The number of nitrogens with one attached hydrogen (secondary N) is 1. The van der Waals surface area contributed by atoms with Crippen molar-refractivity contribution in [1.82, 2.24) is 25.0 Å². The van der Waals surface area contributed by atoms with Gasteiger partial charge in [0.2, 0.25) is 0 Å². The van der Waals surface area contributed by atoms with Crippen molar-refractivity contribution in [3.63, 3.8) is 0 Å². The molecule has 1 aromatic carbocycles. The van der Waals surface area contributed by atoms with Gasteiger partial charge in [-0.05, 0) is 42.2 Å². The summed E-state index contributed by atoms with van der Waals surface area (Å²) in [6.45, 7) is 7.56. The first-order valence-corrected chi connectivity index (χ1v) is 11.7. The van der Waals surface area contributed by atoms with Gasteiger partial charge in [0.1, 0.15) is 5.82 Å². The summed E-state index contributed by atoms with van der Waals surface area (Å²) < 4.78 is 18.3. The highest BCUT2D eigenvalue weighted by Gasteiger charge is 2.27. The normalized spacial score (nSPS) is 15.0. The van der Waals surface area contributed by atoms with Crippen LogP contribution < -0.4 is 14.8 Å². The summed E-state index contributed by atoms with van der Waals surface area (Å²) in [5.41, 5.74) is 1.17. The van der Waals surface area contributed by atoms with Crippen LogP contribution in [0.3, 0.4) is 0 Å². The van der Waals surface area contributed by atoms with Gasteiger partial charge in [-0.2, -0.15) is 0 Å². The zero-order valence-electron chi connectivity index (χ0n) is 20.3. The summed E-state index contributed by atoms with van der Waals surface area (Å²) in [6, 6.07) is 9.17. The second kappa shape index (κ2) is 10.7. The van der Waals surface area contributed by atoms with E-state index in [0.29, 0.717) is 11.7 Å². The molecule has 0 unspecified atom stereocenters. The Hall–Kier alpha value is -3.33. The van der Waals surface area contributed by atoms with E-state index in [9.17, 15) is 4.79 Å². The number of hydrogen-bond donors (Lipinski definition) is 1. The third-order valence-electron chi connectivity index (χ3n) is 6.07. The lowest BCUT2D eigenvalue weighted by Gasteiger charge is -2.22. The fourth-order valence-corrected chi connectivity index (χ4v) is 4.38. The molecule has 9 heteroatoms. The van der Waals surface area contributed by atoms with E-state index in [1.807, 2.05) is 12.1 Å². The molecule has 0 fully saturated rings. The van der Waals surface area contributed by atoms with Crippen LogP contribution in [0.2, 0.25) is 0 Å². The number of aromatic nitrogens is 3. The third-order valence-corrected chi connectivity index (χ3v) is 6.07. The van der Waals surface area contributed by atoms with Crippen LogP contribution >= 0.6 is 0 Å². The molecule has 1 aliphatic heterocycles. The smallest absolute Gasteiger partial charge is 0.287 e. The van der Waals surface area contributed by atoms with Gasteiger partial charge in [-0.15, -0.1) is 10.2 Å². The van der Waals surface area contributed by atoms with Gasteiger partial charge in [-0.1, -0.05) is 19.9 Å². The standard InChI is InChI=1S/C25H33N5O4/c1-17(2)14-19(26-25(31)21-6-5-13-34-21)24-28-27-23-9-10-29(11-12-30(23)24)16-18-7-8-20(32-3)22(15-18)33-4/h5-8,13,15,17,19H,9-12,14,16H2,1-4H3,(H,26,31)/t19-/m1/s1. The lowest BCUT2D eigenvalue weighted by molar-refractivity contribution is 0.0900. The van der Waals surface area contributed by atoms with Gasteiger partial charge in [0.25, 0.3) is 5.91 Å². The summed E-state index contributed by atoms with van der Waals surface area (Å²) in [4.78, 5) is 15.1. The number of hydrogen-bond acceptors (Lipinski definition) is 7. The number of benzene rings is 1. The van der Waals surface area contributed by atoms with Gasteiger partial charge < -0.3 is 23.8 Å². The molecule has 1 atom stereocenters. The van der Waals surface area contributed by atoms with Crippen LogP contribution in [0, 0.1) is 5.92 Å². The molecule has 0 bridgehead atoms. The first-order chi connectivity index (χ1) is 16.5. The summed E-state index contributed by atoms with van der Waals surface area (Å²) in [5, 5.41) is 12.1. The Balaban J connectivity index is 1.48. The summed E-state index contributed by atoms with van der Waals surface area (Å²) in [5.74, 6) is 3.65. The third kappa shape index (κ3) is 5.41. The first kappa shape index (κ1) is 23.8. The van der Waals surface area contributed by atoms with Crippen molar-refractivity contribution in [2.75, 3.05) is 27.3 Å². The maximum atomic E-state index is 12.7. The van der Waals surface area contributed by atoms with Crippen molar-refractivity contribution in [3.8, 4) is 11.5 Å². The second-order valence-corrected chi connectivity index (χ2v) is 8.97. The molecule has 1 amide bonds. The molecule has 2 aromatic heterocycles. The summed E-state index contributed by atoms with van der Waals surface area (Å²) >= 11 is 0. The van der Waals surface area contributed by atoms with E-state index in [2.05, 4.69) is 44.9 Å². The minimum atomic E-state index is -0.240. The van der Waals surface area contributed by atoms with E-state index in [1.165, 1.54) is 11.8 Å². The van der Waals surface area contributed by atoms with Crippen molar-refractivity contribution >= 4 is 5.91 Å². The summed E-state index contributed by atoms with van der Waals surface area (Å²) in [6.07, 6.45) is 3.06. The Morgan fingerprint density at radius 3 is 2.65 bits per heavy atom. The maximum absolute atomic E-state index is 12.7. The zero-order valence-corrected chi connectivity index (χ0v) is 20.3. The Labute approximate surface area is 200 Å². The molecule has 0 aliphatic carbocycles. The average molecular weight is 468 g/mol. The molecule has 0 radical (unpaired) electrons. The molecule has 0 spiro atoms. The molecule has 3 aromatic rings. The van der Waals surface area contributed by atoms with Crippen molar-refractivity contribution in [1.29, 1.82) is 0 Å². The molecule has 1 N–H and O–H groups in total. The second-order valence-electron chi connectivity index (χ2n) is 8.97. The van der Waals surface area contributed by atoms with Crippen LogP contribution in [-0.4, -0.2) is 52.9 Å². The molecule has 0 saturated heterocycles. The molecule has 4 rings (SSSR count). The Bertz CT molecular complexity index is 1090. The number of rotatable bonds is 9. The fraction of sp³-hybridized carbons (Fsp3) is 0.480. The molecule has 9 nitrogen and oxygen atoms in total. The van der Waals surface area contributed by atoms with Crippen LogP contribution in [-0.2, 0) is 19.5 Å². The van der Waals surface area contributed by atoms with E-state index in [-0.39, 0.29) is 11.9 Å². The van der Waals surface area contributed by atoms with Crippen molar-refractivity contribution < 1.29 is 18.7 Å². The van der Waals surface area contributed by atoms with Crippen LogP contribution in [0.25, 0.3) is 0 Å². The van der Waals surface area contributed by atoms with Crippen LogP contribution in [0.1, 0.15) is 54.1 Å². The van der Waals surface area contributed by atoms with Crippen molar-refractivity contribution in [2.45, 2.75) is 45.8 Å². The first-order valence-electron chi connectivity index (χ1n) is 11.7. The van der Waals surface area contributed by atoms with E-state index in [4.69, 9.17) is 13.9 Å². The number of amides is 1. The molecule has 1 aliphatic rings. The van der Waals surface area contributed by atoms with Crippen LogP contribution in [0.15, 0.2) is 41.0 Å². The lowest BCUT2D eigenvalue weighted by Crippen LogP contribution is -2.32. The highest BCUT2D eigenvalue weighted by atomic mass is 16.5. The minimum Gasteiger partial charge on any atom is -0.493 e. The number of carbonyl (C=O) groups is 1. The average Bonchev–Trinajstić information content (AvgIpc) is 3.46. The number of fused-ring (bicyclic) bond motifs is 1. The van der Waals surface area contributed by atoms with E-state index in [0.717, 1.165) is 62.2 Å². The number of methoxy groups -OCH3 is 2. The van der Waals surface area contributed by atoms with E-state index >= 15 is 0 Å². The van der Waals surface area contributed by atoms with Crippen LogP contribution in [0.5, 0.6) is 11.5 Å². The Kier molecular flexibility index (Phi) is 7.52. The quantitative estimate of drug-likeness (QED) is 0.515. The summed E-state index contributed by atoms with van der Waals surface area (Å²) in [7, 11) is 3.29.